The number of hydrogen-bond donors (Lipinski definition) is 0. The molecular weight excluding hydrogens is 160 g/mol. The summed E-state index contributed by atoms with van der Waals surface area (Å²) >= 11 is 0. The minimum absolute atomic E-state index is 0.0370. The van der Waals surface area contributed by atoms with Crippen molar-refractivity contribution in [1.82, 2.24) is 0 Å². The number of hydrogen-bond acceptors (Lipinski definition) is 4. The lowest BCUT2D eigenvalue weighted by atomic mass is 10.2. The molecule has 0 bridgehead atoms. The van der Waals surface area contributed by atoms with E-state index in [4.69, 9.17) is 5.26 Å². The topological polar surface area (TPSA) is 76.2 Å². The van der Waals surface area contributed by atoms with E-state index in [2.05, 4.69) is 4.84 Å². The molecule has 1 aromatic carbocycles. The quantitative estimate of drug-likeness (QED) is 0.484. The molecule has 1 rings (SSSR count). The Hall–Kier alpha value is -2.09. The zero-order chi connectivity index (χ0) is 8.97. The van der Waals surface area contributed by atoms with E-state index < -0.39 is 5.09 Å². The van der Waals surface area contributed by atoms with Crippen molar-refractivity contribution in [2.24, 2.45) is 0 Å². The maximum Gasteiger partial charge on any atom is 0.299 e. The van der Waals surface area contributed by atoms with Crippen molar-refractivity contribution in [3.63, 3.8) is 0 Å². The molecule has 0 fully saturated rings. The highest BCUT2D eigenvalue weighted by Gasteiger charge is 2.03. The Morgan fingerprint density at radius 2 is 2.17 bits per heavy atom. The van der Waals surface area contributed by atoms with Crippen LogP contribution in [0.1, 0.15) is 5.56 Å². The third-order valence-electron chi connectivity index (χ3n) is 1.18. The molecule has 12 heavy (non-hydrogen) atoms. The number of rotatable bonds is 2. The summed E-state index contributed by atoms with van der Waals surface area (Å²) in [5.41, 5.74) is 0.147. The van der Waals surface area contributed by atoms with Crippen molar-refractivity contribution in [3.05, 3.63) is 39.9 Å². The molecule has 0 saturated carbocycles. The molecule has 0 atom stereocenters. The molecule has 0 aliphatic heterocycles. The Kier molecular flexibility index (Phi) is 2.23. The Bertz CT molecular complexity index is 343. The summed E-state index contributed by atoms with van der Waals surface area (Å²) < 4.78 is 0. The van der Waals surface area contributed by atoms with Crippen molar-refractivity contribution in [2.45, 2.75) is 0 Å². The van der Waals surface area contributed by atoms with Gasteiger partial charge in [-0.05, 0) is 12.1 Å². The van der Waals surface area contributed by atoms with Crippen LogP contribution < -0.4 is 4.84 Å². The van der Waals surface area contributed by atoms with Crippen LogP contribution in [0.15, 0.2) is 24.3 Å². The molecule has 0 heterocycles. The molecule has 0 saturated heterocycles. The maximum absolute atomic E-state index is 9.91. The van der Waals surface area contributed by atoms with E-state index in [1.54, 1.807) is 18.2 Å². The fourth-order valence-corrected chi connectivity index (χ4v) is 0.719. The van der Waals surface area contributed by atoms with E-state index in [0.717, 1.165) is 0 Å². The van der Waals surface area contributed by atoms with Crippen molar-refractivity contribution < 1.29 is 9.92 Å². The summed E-state index contributed by atoms with van der Waals surface area (Å²) in [6.45, 7) is 0. The van der Waals surface area contributed by atoms with Crippen LogP contribution >= 0.6 is 0 Å². The number of nitriles is 1. The van der Waals surface area contributed by atoms with Gasteiger partial charge in [0.1, 0.15) is 11.8 Å². The molecule has 5 heteroatoms. The van der Waals surface area contributed by atoms with Crippen LogP contribution in [0.2, 0.25) is 0 Å². The van der Waals surface area contributed by atoms with Gasteiger partial charge in [-0.15, -0.1) is 10.1 Å². The fourth-order valence-electron chi connectivity index (χ4n) is 0.719. The number of nitrogens with zero attached hydrogens (tertiary/aromatic N) is 2. The first-order valence-electron chi connectivity index (χ1n) is 3.05. The molecule has 60 valence electrons. The van der Waals surface area contributed by atoms with E-state index in [1.807, 2.05) is 0 Å². The van der Waals surface area contributed by atoms with Crippen molar-refractivity contribution in [1.29, 1.82) is 5.26 Å². The zero-order valence-corrected chi connectivity index (χ0v) is 5.93. The van der Waals surface area contributed by atoms with Gasteiger partial charge in [0.15, 0.2) is 0 Å². The van der Waals surface area contributed by atoms with Crippen LogP contribution in [0.5, 0.6) is 5.75 Å². The van der Waals surface area contributed by atoms with Crippen LogP contribution in [0.3, 0.4) is 0 Å². The molecule has 5 nitrogen and oxygen atoms in total. The summed E-state index contributed by atoms with van der Waals surface area (Å²) in [5.74, 6) is -0.0370. The number of benzene rings is 1. The summed E-state index contributed by atoms with van der Waals surface area (Å²) in [6, 6.07) is 7.73. The van der Waals surface area contributed by atoms with Gasteiger partial charge in [0.2, 0.25) is 0 Å². The molecular formula is C7H4N2O3. The summed E-state index contributed by atoms with van der Waals surface area (Å²) in [4.78, 5) is 14.0. The third-order valence-corrected chi connectivity index (χ3v) is 1.18. The molecule has 0 amide bonds. The highest BCUT2D eigenvalue weighted by Crippen LogP contribution is 2.15. The first-order chi connectivity index (χ1) is 5.74. The molecule has 0 aromatic heterocycles. The van der Waals surface area contributed by atoms with E-state index >= 15 is 0 Å². The molecule has 0 radical (unpaired) electrons. The summed E-state index contributed by atoms with van der Waals surface area (Å²) in [5, 5.41) is 17.4. The summed E-state index contributed by atoms with van der Waals surface area (Å²) in [6.07, 6.45) is 0. The average molecular weight is 164 g/mol. The van der Waals surface area contributed by atoms with Gasteiger partial charge < -0.3 is 0 Å². The standard InChI is InChI=1S/C7H4N2O3/c8-5-6-3-1-2-4-7(6)12-9(10)11/h1-4H. The van der Waals surface area contributed by atoms with Crippen molar-refractivity contribution in [2.75, 3.05) is 0 Å². The van der Waals surface area contributed by atoms with Crippen LogP contribution in [0.4, 0.5) is 0 Å². The average Bonchev–Trinajstić information content (AvgIpc) is 2.04. The number of para-hydroxylation sites is 1. The Balaban J connectivity index is 2.99. The minimum atomic E-state index is -0.948. The summed E-state index contributed by atoms with van der Waals surface area (Å²) in [7, 11) is 0. The van der Waals surface area contributed by atoms with Gasteiger partial charge in [0, 0.05) is 0 Å². The highest BCUT2D eigenvalue weighted by atomic mass is 17.0. The molecule has 1 aromatic rings. The molecule has 0 aliphatic carbocycles. The molecule has 0 N–H and O–H groups in total. The molecule has 0 spiro atoms. The van der Waals surface area contributed by atoms with E-state index in [-0.39, 0.29) is 11.3 Å². The van der Waals surface area contributed by atoms with Crippen LogP contribution in [0.25, 0.3) is 0 Å². The SMILES string of the molecule is N#Cc1ccccc1O[N+](=O)[O-]. The molecule has 0 unspecified atom stereocenters. The Morgan fingerprint density at radius 3 is 2.75 bits per heavy atom. The van der Waals surface area contributed by atoms with Gasteiger partial charge in [-0.2, -0.15) is 5.26 Å². The van der Waals surface area contributed by atoms with E-state index in [1.165, 1.54) is 12.1 Å². The maximum atomic E-state index is 9.91. The van der Waals surface area contributed by atoms with Crippen LogP contribution in [-0.4, -0.2) is 5.09 Å². The van der Waals surface area contributed by atoms with Crippen molar-refractivity contribution >= 4 is 0 Å². The second-order valence-electron chi connectivity index (χ2n) is 1.92. The Morgan fingerprint density at radius 1 is 1.50 bits per heavy atom. The second kappa shape index (κ2) is 3.34. The third kappa shape index (κ3) is 1.70. The van der Waals surface area contributed by atoms with Crippen molar-refractivity contribution in [3.8, 4) is 11.8 Å². The van der Waals surface area contributed by atoms with Gasteiger partial charge in [0.25, 0.3) is 5.09 Å². The minimum Gasteiger partial charge on any atom is -0.275 e. The van der Waals surface area contributed by atoms with Crippen LogP contribution in [0, 0.1) is 21.4 Å². The van der Waals surface area contributed by atoms with Gasteiger partial charge in [-0.1, -0.05) is 12.1 Å². The largest absolute Gasteiger partial charge is 0.299 e. The fraction of sp³-hybridized carbons (Fsp3) is 0. The van der Waals surface area contributed by atoms with Gasteiger partial charge in [0.05, 0.1) is 5.56 Å². The lowest BCUT2D eigenvalue weighted by Crippen LogP contribution is -2.04. The monoisotopic (exact) mass is 164 g/mol. The lowest BCUT2D eigenvalue weighted by Gasteiger charge is -1.98. The lowest BCUT2D eigenvalue weighted by molar-refractivity contribution is -0.711. The van der Waals surface area contributed by atoms with E-state index in [9.17, 15) is 10.1 Å². The first-order valence-corrected chi connectivity index (χ1v) is 3.05. The van der Waals surface area contributed by atoms with Gasteiger partial charge in [-0.25, -0.2) is 0 Å². The predicted molar refractivity (Wildman–Crippen MR) is 38.8 cm³/mol. The first kappa shape index (κ1) is 8.01. The molecule has 0 aliphatic rings. The van der Waals surface area contributed by atoms with Gasteiger partial charge >= 0.3 is 0 Å². The second-order valence-corrected chi connectivity index (χ2v) is 1.92. The normalized spacial score (nSPS) is 8.58. The zero-order valence-electron chi connectivity index (χ0n) is 5.93. The van der Waals surface area contributed by atoms with Crippen LogP contribution in [-0.2, 0) is 0 Å². The van der Waals surface area contributed by atoms with E-state index in [0.29, 0.717) is 0 Å². The van der Waals surface area contributed by atoms with Gasteiger partial charge in [-0.3, -0.25) is 4.84 Å². The predicted octanol–water partition coefficient (Wildman–Crippen LogP) is 1.13. The smallest absolute Gasteiger partial charge is 0.275 e. The Labute approximate surface area is 67.9 Å². The highest BCUT2D eigenvalue weighted by molar-refractivity contribution is 5.41.